The van der Waals surface area contributed by atoms with Gasteiger partial charge in [0.05, 0.1) is 12.1 Å². The van der Waals surface area contributed by atoms with Gasteiger partial charge in [0.25, 0.3) is 0 Å². The van der Waals surface area contributed by atoms with E-state index in [0.717, 1.165) is 38.6 Å². The fourth-order valence-corrected chi connectivity index (χ4v) is 3.71. The fourth-order valence-electron chi connectivity index (χ4n) is 3.71. The third kappa shape index (κ3) is 6.17. The van der Waals surface area contributed by atoms with E-state index in [-0.39, 0.29) is 35.6 Å². The number of Topliss-reactive ketones (excluding diaryl/α,β-unsaturated/α-hetero) is 1. The topological polar surface area (TPSA) is 84.2 Å². The van der Waals surface area contributed by atoms with Crippen molar-refractivity contribution in [3.63, 3.8) is 0 Å². The Bertz CT molecular complexity index is 401. The molecule has 5 heteroatoms. The van der Waals surface area contributed by atoms with E-state index in [1.54, 1.807) is 7.05 Å². The van der Waals surface area contributed by atoms with Crippen LogP contribution in [-0.2, 0) is 9.59 Å². The molecule has 2 atom stereocenters. The summed E-state index contributed by atoms with van der Waals surface area (Å²) in [5.74, 6) is 1.33. The molecule has 0 saturated heterocycles. The number of carbonyl (C=O) groups is 2. The van der Waals surface area contributed by atoms with Gasteiger partial charge in [0, 0.05) is 5.92 Å². The van der Waals surface area contributed by atoms with Gasteiger partial charge in [0.1, 0.15) is 0 Å². The monoisotopic (exact) mass is 339 g/mol. The first-order valence-electron chi connectivity index (χ1n) is 9.51. The normalized spacial score (nSPS) is 24.0. The highest BCUT2D eigenvalue weighted by Crippen LogP contribution is 2.31. The highest BCUT2D eigenvalue weighted by Gasteiger charge is 2.31. The quantitative estimate of drug-likeness (QED) is 0.600. The molecule has 24 heavy (non-hydrogen) atoms. The highest BCUT2D eigenvalue weighted by molar-refractivity contribution is 5.91. The first-order chi connectivity index (χ1) is 11.3. The van der Waals surface area contributed by atoms with Crippen LogP contribution >= 0.6 is 0 Å². The summed E-state index contributed by atoms with van der Waals surface area (Å²) in [6.45, 7) is 8.59. The molecule has 140 valence electrons. The van der Waals surface area contributed by atoms with E-state index in [1.807, 2.05) is 27.7 Å². The van der Waals surface area contributed by atoms with Gasteiger partial charge in [-0.3, -0.25) is 9.59 Å². The smallest absolute Gasteiger partial charge is 0.237 e. The summed E-state index contributed by atoms with van der Waals surface area (Å²) in [5.41, 5.74) is 5.76. The van der Waals surface area contributed by atoms with Crippen molar-refractivity contribution in [2.24, 2.45) is 29.4 Å². The van der Waals surface area contributed by atoms with Crippen molar-refractivity contribution < 1.29 is 9.59 Å². The van der Waals surface area contributed by atoms with E-state index in [1.165, 1.54) is 0 Å². The molecule has 0 aromatic heterocycles. The Hall–Kier alpha value is -0.940. The van der Waals surface area contributed by atoms with Crippen LogP contribution in [0.2, 0.25) is 0 Å². The Labute approximate surface area is 147 Å². The summed E-state index contributed by atoms with van der Waals surface area (Å²) in [6, 6.07) is -0.632. The molecule has 0 aromatic rings. The first-order valence-corrected chi connectivity index (χ1v) is 9.51. The first kappa shape index (κ1) is 21.1. The number of ketones is 1. The van der Waals surface area contributed by atoms with Gasteiger partial charge in [-0.2, -0.15) is 0 Å². The summed E-state index contributed by atoms with van der Waals surface area (Å²) < 4.78 is 0. The van der Waals surface area contributed by atoms with Crippen LogP contribution in [0.1, 0.15) is 59.8 Å². The van der Waals surface area contributed by atoms with Gasteiger partial charge < -0.3 is 16.4 Å². The molecule has 0 radical (unpaired) electrons. The van der Waals surface area contributed by atoms with Gasteiger partial charge in [0.15, 0.2) is 5.78 Å². The SMILES string of the molecule is CN[C@H](C(=O)N[C@@H](CC1CCC(CN)CC1)C(=O)C(C)C)C(C)C. The highest BCUT2D eigenvalue weighted by atomic mass is 16.2. The van der Waals surface area contributed by atoms with E-state index in [0.29, 0.717) is 11.8 Å². The lowest BCUT2D eigenvalue weighted by Gasteiger charge is -2.31. The molecule has 0 aromatic carbocycles. The maximum absolute atomic E-state index is 12.6. The van der Waals surface area contributed by atoms with Crippen LogP contribution in [0.4, 0.5) is 0 Å². The van der Waals surface area contributed by atoms with E-state index in [9.17, 15) is 9.59 Å². The third-order valence-corrected chi connectivity index (χ3v) is 5.36. The maximum atomic E-state index is 12.6. The second-order valence-electron chi connectivity index (χ2n) is 7.99. The van der Waals surface area contributed by atoms with Crippen molar-refractivity contribution in [1.29, 1.82) is 0 Å². The van der Waals surface area contributed by atoms with E-state index in [2.05, 4.69) is 10.6 Å². The van der Waals surface area contributed by atoms with Crippen LogP contribution in [0.5, 0.6) is 0 Å². The van der Waals surface area contributed by atoms with Gasteiger partial charge >= 0.3 is 0 Å². The van der Waals surface area contributed by atoms with E-state index in [4.69, 9.17) is 5.73 Å². The molecular formula is C19H37N3O2. The minimum absolute atomic E-state index is 0.0669. The molecule has 0 unspecified atom stereocenters. The van der Waals surface area contributed by atoms with Gasteiger partial charge in [-0.1, -0.05) is 40.5 Å². The lowest BCUT2D eigenvalue weighted by atomic mass is 9.78. The van der Waals surface area contributed by atoms with Gasteiger partial charge in [-0.25, -0.2) is 0 Å². The summed E-state index contributed by atoms with van der Waals surface area (Å²) in [7, 11) is 1.79. The number of nitrogens with two attached hydrogens (primary N) is 1. The van der Waals surface area contributed by atoms with Gasteiger partial charge in [0.2, 0.25) is 5.91 Å². The zero-order chi connectivity index (χ0) is 18.3. The number of hydrogen-bond donors (Lipinski definition) is 3. The number of nitrogens with one attached hydrogen (secondary N) is 2. The summed E-state index contributed by atoms with van der Waals surface area (Å²) in [6.07, 6.45) is 5.26. The molecule has 0 aliphatic heterocycles. The van der Waals surface area contributed by atoms with Crippen molar-refractivity contribution in [2.45, 2.75) is 71.9 Å². The summed E-state index contributed by atoms with van der Waals surface area (Å²) in [4.78, 5) is 25.1. The van der Waals surface area contributed by atoms with Crippen LogP contribution < -0.4 is 16.4 Å². The maximum Gasteiger partial charge on any atom is 0.237 e. The molecule has 1 aliphatic carbocycles. The fraction of sp³-hybridized carbons (Fsp3) is 0.895. The van der Waals surface area contributed by atoms with Gasteiger partial charge in [-0.05, 0) is 50.6 Å². The lowest BCUT2D eigenvalue weighted by Crippen LogP contribution is -2.52. The molecule has 0 spiro atoms. The average Bonchev–Trinajstić information content (AvgIpc) is 2.54. The summed E-state index contributed by atoms with van der Waals surface area (Å²) >= 11 is 0. The zero-order valence-corrected chi connectivity index (χ0v) is 16.1. The largest absolute Gasteiger partial charge is 0.345 e. The van der Waals surface area contributed by atoms with E-state index < -0.39 is 0 Å². The van der Waals surface area contributed by atoms with Crippen molar-refractivity contribution in [3.8, 4) is 0 Å². The minimum Gasteiger partial charge on any atom is -0.345 e. The Morgan fingerprint density at radius 3 is 2.00 bits per heavy atom. The number of carbonyl (C=O) groups excluding carboxylic acids is 2. The van der Waals surface area contributed by atoms with Crippen molar-refractivity contribution in [2.75, 3.05) is 13.6 Å². The van der Waals surface area contributed by atoms with Crippen LogP contribution in [-0.4, -0.2) is 37.4 Å². The Balaban J connectivity index is 2.71. The molecule has 4 N–H and O–H groups in total. The summed E-state index contributed by atoms with van der Waals surface area (Å²) in [5, 5.41) is 6.08. The molecule has 1 rings (SSSR count). The molecule has 0 bridgehead atoms. The average molecular weight is 340 g/mol. The predicted octanol–water partition coefficient (Wildman–Crippen LogP) is 2.10. The van der Waals surface area contributed by atoms with Crippen molar-refractivity contribution in [1.82, 2.24) is 10.6 Å². The lowest BCUT2D eigenvalue weighted by molar-refractivity contribution is -0.131. The van der Waals surface area contributed by atoms with Crippen molar-refractivity contribution in [3.05, 3.63) is 0 Å². The Kier molecular flexibility index (Phi) is 8.92. The number of rotatable bonds is 9. The van der Waals surface area contributed by atoms with Crippen LogP contribution in [0.15, 0.2) is 0 Å². The Morgan fingerprint density at radius 2 is 1.58 bits per heavy atom. The van der Waals surface area contributed by atoms with Crippen LogP contribution in [0, 0.1) is 23.7 Å². The second kappa shape index (κ2) is 10.1. The minimum atomic E-state index is -0.369. The number of hydrogen-bond acceptors (Lipinski definition) is 4. The van der Waals surface area contributed by atoms with Crippen LogP contribution in [0.25, 0.3) is 0 Å². The van der Waals surface area contributed by atoms with Gasteiger partial charge in [-0.15, -0.1) is 0 Å². The molecule has 1 aliphatic rings. The molecule has 1 fully saturated rings. The standard InChI is InChI=1S/C19H37N3O2/c1-12(2)17(21-5)19(24)22-16(18(23)13(3)4)10-14-6-8-15(11-20)9-7-14/h12-17,21H,6-11,20H2,1-5H3,(H,22,24)/t14?,15?,16-,17-/m0/s1. The Morgan fingerprint density at radius 1 is 1.04 bits per heavy atom. The molecule has 5 nitrogen and oxygen atoms in total. The van der Waals surface area contributed by atoms with Crippen molar-refractivity contribution >= 4 is 11.7 Å². The molecule has 1 amide bonds. The molecule has 1 saturated carbocycles. The number of amides is 1. The molecular weight excluding hydrogens is 302 g/mol. The van der Waals surface area contributed by atoms with Crippen LogP contribution in [0.3, 0.4) is 0 Å². The predicted molar refractivity (Wildman–Crippen MR) is 98.6 cm³/mol. The van der Waals surface area contributed by atoms with E-state index >= 15 is 0 Å². The molecule has 0 heterocycles. The number of likely N-dealkylation sites (N-methyl/N-ethyl adjacent to an activating group) is 1. The zero-order valence-electron chi connectivity index (χ0n) is 16.1. The second-order valence-corrected chi connectivity index (χ2v) is 7.99. The third-order valence-electron chi connectivity index (χ3n) is 5.36.